The van der Waals surface area contributed by atoms with Crippen LogP contribution >= 0.6 is 0 Å². The van der Waals surface area contributed by atoms with Gasteiger partial charge in [-0.05, 0) is 75.8 Å². The van der Waals surface area contributed by atoms with Gasteiger partial charge >= 0.3 is 0 Å². The number of benzene rings is 2. The van der Waals surface area contributed by atoms with Crippen LogP contribution in [0, 0.1) is 20.8 Å². The van der Waals surface area contributed by atoms with Gasteiger partial charge in [-0.1, -0.05) is 55.2 Å². The summed E-state index contributed by atoms with van der Waals surface area (Å²) >= 11 is 0. The number of nitrogens with zero attached hydrogens (tertiary/aromatic N) is 2. The Kier molecular flexibility index (Phi) is 10.4. The molecule has 1 fully saturated rings. The third-order valence-corrected chi connectivity index (χ3v) is 8.72. The maximum Gasteiger partial charge on any atom is 0.242 e. The van der Waals surface area contributed by atoms with Gasteiger partial charge in [-0.15, -0.1) is 0 Å². The van der Waals surface area contributed by atoms with Crippen LogP contribution in [0.25, 0.3) is 0 Å². The van der Waals surface area contributed by atoms with E-state index in [0.717, 1.165) is 47.9 Å². The summed E-state index contributed by atoms with van der Waals surface area (Å²) in [5.74, 6) is -0.296. The minimum absolute atomic E-state index is 0.134. The minimum Gasteiger partial charge on any atom is -0.352 e. The van der Waals surface area contributed by atoms with Crippen molar-refractivity contribution in [2.75, 3.05) is 17.1 Å². The van der Waals surface area contributed by atoms with Crippen molar-refractivity contribution in [3.8, 4) is 0 Å². The van der Waals surface area contributed by atoms with Gasteiger partial charge in [-0.25, -0.2) is 8.42 Å². The van der Waals surface area contributed by atoms with Gasteiger partial charge in [0.2, 0.25) is 21.8 Å². The predicted molar refractivity (Wildman–Crippen MR) is 154 cm³/mol. The van der Waals surface area contributed by atoms with Crippen molar-refractivity contribution in [1.29, 1.82) is 0 Å². The molecule has 0 bridgehead atoms. The highest BCUT2D eigenvalue weighted by molar-refractivity contribution is 7.92. The molecule has 3 rings (SSSR count). The molecule has 1 atom stereocenters. The van der Waals surface area contributed by atoms with Gasteiger partial charge in [0.25, 0.3) is 0 Å². The van der Waals surface area contributed by atoms with Gasteiger partial charge in [-0.3, -0.25) is 13.9 Å². The van der Waals surface area contributed by atoms with Crippen molar-refractivity contribution >= 4 is 27.5 Å². The Balaban J connectivity index is 1.72. The average Bonchev–Trinajstić information content (AvgIpc) is 2.87. The Morgan fingerprint density at radius 2 is 1.63 bits per heavy atom. The van der Waals surface area contributed by atoms with Gasteiger partial charge in [0.15, 0.2) is 0 Å². The summed E-state index contributed by atoms with van der Waals surface area (Å²) < 4.78 is 26.5. The molecule has 0 spiro atoms. The van der Waals surface area contributed by atoms with Crippen LogP contribution in [0.4, 0.5) is 5.69 Å². The molecule has 0 aliphatic heterocycles. The number of hydrogen-bond donors (Lipinski definition) is 1. The van der Waals surface area contributed by atoms with E-state index in [0.29, 0.717) is 18.7 Å². The van der Waals surface area contributed by atoms with E-state index in [1.807, 2.05) is 57.2 Å². The quantitative estimate of drug-likeness (QED) is 0.433. The van der Waals surface area contributed by atoms with Gasteiger partial charge in [0.1, 0.15) is 6.04 Å². The van der Waals surface area contributed by atoms with Gasteiger partial charge in [-0.2, -0.15) is 0 Å². The molecule has 0 aromatic heterocycles. The Morgan fingerprint density at radius 3 is 2.24 bits per heavy atom. The van der Waals surface area contributed by atoms with Crippen LogP contribution in [0.1, 0.15) is 74.1 Å². The number of carbonyl (C=O) groups excluding carboxylic acids is 2. The number of amides is 2. The zero-order valence-electron chi connectivity index (χ0n) is 23.5. The van der Waals surface area contributed by atoms with E-state index >= 15 is 0 Å². The van der Waals surface area contributed by atoms with Crippen LogP contribution in [0.3, 0.4) is 0 Å². The number of hydrogen-bond acceptors (Lipinski definition) is 4. The van der Waals surface area contributed by atoms with Crippen LogP contribution < -0.4 is 9.62 Å². The van der Waals surface area contributed by atoms with Gasteiger partial charge < -0.3 is 10.2 Å². The first-order valence-electron chi connectivity index (χ1n) is 13.7. The summed E-state index contributed by atoms with van der Waals surface area (Å²) in [6.45, 7) is 8.24. The van der Waals surface area contributed by atoms with E-state index in [4.69, 9.17) is 0 Å². The third kappa shape index (κ3) is 8.32. The molecule has 1 aliphatic carbocycles. The number of nitrogens with one attached hydrogen (secondary N) is 1. The lowest BCUT2D eigenvalue weighted by Crippen LogP contribution is -2.50. The minimum atomic E-state index is -3.52. The molecule has 2 aromatic rings. The van der Waals surface area contributed by atoms with Crippen LogP contribution in [-0.4, -0.2) is 50.0 Å². The fraction of sp³-hybridized carbons (Fsp3) is 0.533. The summed E-state index contributed by atoms with van der Waals surface area (Å²) in [5, 5.41) is 3.15. The summed E-state index contributed by atoms with van der Waals surface area (Å²) in [7, 11) is -3.52. The second-order valence-electron chi connectivity index (χ2n) is 10.7. The zero-order valence-corrected chi connectivity index (χ0v) is 24.3. The number of rotatable bonds is 11. The zero-order chi connectivity index (χ0) is 27.9. The normalized spacial score (nSPS) is 15.1. The van der Waals surface area contributed by atoms with E-state index < -0.39 is 16.1 Å². The molecule has 0 radical (unpaired) electrons. The lowest BCUT2D eigenvalue weighted by Gasteiger charge is -2.31. The van der Waals surface area contributed by atoms with Crippen molar-refractivity contribution in [2.24, 2.45) is 0 Å². The fourth-order valence-electron chi connectivity index (χ4n) is 4.93. The molecular weight excluding hydrogens is 498 g/mol. The van der Waals surface area contributed by atoms with Crippen molar-refractivity contribution in [1.82, 2.24) is 10.2 Å². The molecule has 0 unspecified atom stereocenters. The van der Waals surface area contributed by atoms with Crippen LogP contribution in [0.5, 0.6) is 0 Å². The molecule has 38 heavy (non-hydrogen) atoms. The highest BCUT2D eigenvalue weighted by atomic mass is 32.2. The molecule has 0 heterocycles. The second-order valence-corrected chi connectivity index (χ2v) is 12.6. The maximum absolute atomic E-state index is 13.5. The first kappa shape index (κ1) is 29.7. The lowest BCUT2D eigenvalue weighted by atomic mass is 9.95. The van der Waals surface area contributed by atoms with Crippen LogP contribution in [-0.2, 0) is 26.2 Å². The van der Waals surface area contributed by atoms with E-state index in [2.05, 4.69) is 5.32 Å². The molecule has 8 heteroatoms. The molecule has 2 aromatic carbocycles. The highest BCUT2D eigenvalue weighted by Crippen LogP contribution is 2.23. The van der Waals surface area contributed by atoms with Crippen molar-refractivity contribution in [2.45, 2.75) is 91.3 Å². The van der Waals surface area contributed by atoms with Crippen molar-refractivity contribution in [3.05, 3.63) is 64.7 Å². The SMILES string of the molecule is Cc1ccc(CN(C(=O)CCCN(c2ccc(C)c(C)c2)S(C)(=O)=O)[C@H](C)C(=O)NC2CCCCC2)cc1. The topological polar surface area (TPSA) is 86.8 Å². The summed E-state index contributed by atoms with van der Waals surface area (Å²) in [6, 6.07) is 13.1. The average molecular weight is 542 g/mol. The van der Waals surface area contributed by atoms with Crippen LogP contribution in [0.15, 0.2) is 42.5 Å². The molecule has 1 aliphatic rings. The monoisotopic (exact) mass is 541 g/mol. The molecule has 208 valence electrons. The highest BCUT2D eigenvalue weighted by Gasteiger charge is 2.28. The number of carbonyl (C=O) groups is 2. The number of anilines is 1. The molecule has 1 N–H and O–H groups in total. The predicted octanol–water partition coefficient (Wildman–Crippen LogP) is 5.02. The Hall–Kier alpha value is -2.87. The molecule has 2 amide bonds. The molecular formula is C30H43N3O4S. The first-order chi connectivity index (χ1) is 18.0. The Labute approximate surface area is 228 Å². The number of sulfonamides is 1. The molecule has 1 saturated carbocycles. The summed E-state index contributed by atoms with van der Waals surface area (Å²) in [4.78, 5) is 28.3. The number of aryl methyl sites for hydroxylation is 3. The third-order valence-electron chi connectivity index (χ3n) is 7.52. The van der Waals surface area contributed by atoms with E-state index in [1.165, 1.54) is 17.0 Å². The summed E-state index contributed by atoms with van der Waals surface area (Å²) in [5.41, 5.74) is 4.77. The van der Waals surface area contributed by atoms with Gasteiger partial charge in [0.05, 0.1) is 11.9 Å². The van der Waals surface area contributed by atoms with Crippen molar-refractivity contribution < 1.29 is 18.0 Å². The largest absolute Gasteiger partial charge is 0.352 e. The van der Waals surface area contributed by atoms with E-state index in [9.17, 15) is 18.0 Å². The fourth-order valence-corrected chi connectivity index (χ4v) is 5.88. The lowest BCUT2D eigenvalue weighted by molar-refractivity contribution is -0.141. The standard InChI is InChI=1S/C30H43N3O4S/c1-22-13-16-26(17-14-22)21-32(25(4)30(35)31-27-10-7-6-8-11-27)29(34)12-9-19-33(38(5,36)37)28-18-15-23(2)24(3)20-28/h13-18,20,25,27H,6-12,19,21H2,1-5H3,(H,31,35)/t25-/m1/s1. The summed E-state index contributed by atoms with van der Waals surface area (Å²) in [6.07, 6.45) is 7.06. The molecule has 7 nitrogen and oxygen atoms in total. The maximum atomic E-state index is 13.5. The Bertz CT molecular complexity index is 1200. The molecule has 0 saturated heterocycles. The second kappa shape index (κ2) is 13.3. The Morgan fingerprint density at radius 1 is 0.974 bits per heavy atom. The van der Waals surface area contributed by atoms with E-state index in [1.54, 1.807) is 17.9 Å². The van der Waals surface area contributed by atoms with Crippen LogP contribution in [0.2, 0.25) is 0 Å². The van der Waals surface area contributed by atoms with E-state index in [-0.39, 0.29) is 30.8 Å². The van der Waals surface area contributed by atoms with Crippen molar-refractivity contribution in [3.63, 3.8) is 0 Å². The first-order valence-corrected chi connectivity index (χ1v) is 15.5. The smallest absolute Gasteiger partial charge is 0.242 e. The van der Waals surface area contributed by atoms with Gasteiger partial charge in [0, 0.05) is 25.6 Å².